The van der Waals surface area contributed by atoms with Crippen molar-refractivity contribution in [3.8, 4) is 11.8 Å². The van der Waals surface area contributed by atoms with Crippen LogP contribution in [0, 0.1) is 11.3 Å². The number of rotatable bonds is 4. The first-order valence-corrected chi connectivity index (χ1v) is 4.92. The Balaban J connectivity index is 2.86. The van der Waals surface area contributed by atoms with Gasteiger partial charge >= 0.3 is 12.0 Å². The second-order valence-electron chi connectivity index (χ2n) is 3.20. The molecule has 1 aromatic carbocycles. The Hall–Kier alpha value is -2.75. The molecule has 94 valence electrons. The number of amides is 2. The maximum Gasteiger partial charge on any atom is 0.323 e. The van der Waals surface area contributed by atoms with Crippen LogP contribution in [0.5, 0.6) is 5.75 Å². The molecular formula is C11H11N3O4. The van der Waals surface area contributed by atoms with Gasteiger partial charge in [0.15, 0.2) is 0 Å². The number of carboxylic acids is 1. The van der Waals surface area contributed by atoms with Crippen molar-refractivity contribution in [3.05, 3.63) is 23.8 Å². The number of urea groups is 1. The second kappa shape index (κ2) is 6.10. The Morgan fingerprint density at radius 3 is 2.78 bits per heavy atom. The highest BCUT2D eigenvalue weighted by Gasteiger charge is 2.12. The standard InChI is InChI=1S/C11H11N3O4/c1-18-8-4-2-3-7(5-12)10(8)14-11(17)13-6-9(15)16/h2-4H,6H2,1H3,(H,15,16)(H2,13,14,17). The molecule has 7 heteroatoms. The molecule has 0 heterocycles. The monoisotopic (exact) mass is 249 g/mol. The van der Waals surface area contributed by atoms with Crippen molar-refractivity contribution >= 4 is 17.7 Å². The van der Waals surface area contributed by atoms with Crippen LogP contribution in [-0.4, -0.2) is 30.8 Å². The summed E-state index contributed by atoms with van der Waals surface area (Å²) in [4.78, 5) is 21.7. The third-order valence-corrected chi connectivity index (χ3v) is 2.01. The first kappa shape index (κ1) is 13.3. The fourth-order valence-corrected chi connectivity index (χ4v) is 1.24. The molecule has 0 aliphatic heterocycles. The largest absolute Gasteiger partial charge is 0.495 e. The van der Waals surface area contributed by atoms with Gasteiger partial charge in [0.25, 0.3) is 0 Å². The van der Waals surface area contributed by atoms with Gasteiger partial charge in [-0.2, -0.15) is 5.26 Å². The summed E-state index contributed by atoms with van der Waals surface area (Å²) < 4.78 is 5.00. The average Bonchev–Trinajstić information content (AvgIpc) is 2.36. The van der Waals surface area contributed by atoms with E-state index in [9.17, 15) is 9.59 Å². The zero-order valence-electron chi connectivity index (χ0n) is 9.56. The number of carbonyl (C=O) groups is 2. The van der Waals surface area contributed by atoms with Gasteiger partial charge in [0.05, 0.1) is 12.7 Å². The summed E-state index contributed by atoms with van der Waals surface area (Å²) >= 11 is 0. The van der Waals surface area contributed by atoms with Gasteiger partial charge in [-0.3, -0.25) is 4.79 Å². The molecule has 1 rings (SSSR count). The molecule has 0 bridgehead atoms. The molecule has 0 saturated heterocycles. The number of ether oxygens (including phenoxy) is 1. The molecular weight excluding hydrogens is 238 g/mol. The lowest BCUT2D eigenvalue weighted by Gasteiger charge is -2.11. The number of hydrogen-bond acceptors (Lipinski definition) is 4. The molecule has 7 nitrogen and oxygen atoms in total. The highest BCUT2D eigenvalue weighted by Crippen LogP contribution is 2.27. The summed E-state index contributed by atoms with van der Waals surface area (Å²) in [6, 6.07) is 5.87. The van der Waals surface area contributed by atoms with Gasteiger partial charge in [0, 0.05) is 0 Å². The SMILES string of the molecule is COc1cccc(C#N)c1NC(=O)NCC(=O)O. The predicted octanol–water partition coefficient (Wildman–Crippen LogP) is 0.773. The number of carboxylic acid groups (broad SMARTS) is 1. The highest BCUT2D eigenvalue weighted by atomic mass is 16.5. The number of nitrogens with one attached hydrogen (secondary N) is 2. The minimum absolute atomic E-state index is 0.199. The molecule has 0 atom stereocenters. The van der Waals surface area contributed by atoms with E-state index in [-0.39, 0.29) is 11.3 Å². The van der Waals surface area contributed by atoms with Gasteiger partial charge in [-0.1, -0.05) is 6.07 Å². The summed E-state index contributed by atoms with van der Waals surface area (Å²) in [5.41, 5.74) is 0.421. The van der Waals surface area contributed by atoms with E-state index in [1.165, 1.54) is 13.2 Å². The number of anilines is 1. The number of hydrogen-bond donors (Lipinski definition) is 3. The van der Waals surface area contributed by atoms with Gasteiger partial charge in [-0.25, -0.2) is 4.79 Å². The smallest absolute Gasteiger partial charge is 0.323 e. The molecule has 0 aliphatic carbocycles. The maximum absolute atomic E-state index is 11.4. The van der Waals surface area contributed by atoms with E-state index in [4.69, 9.17) is 15.1 Å². The van der Waals surface area contributed by atoms with Crippen molar-refractivity contribution in [2.24, 2.45) is 0 Å². The van der Waals surface area contributed by atoms with Crippen molar-refractivity contribution in [1.29, 1.82) is 5.26 Å². The van der Waals surface area contributed by atoms with Crippen LogP contribution in [0.1, 0.15) is 5.56 Å². The average molecular weight is 249 g/mol. The van der Waals surface area contributed by atoms with E-state index in [0.717, 1.165) is 0 Å². The number of nitrogens with zero attached hydrogens (tertiary/aromatic N) is 1. The molecule has 0 unspecified atom stereocenters. The maximum atomic E-state index is 11.4. The Bertz CT molecular complexity index is 508. The normalized spacial score (nSPS) is 9.11. The molecule has 3 N–H and O–H groups in total. The van der Waals surface area contributed by atoms with Gasteiger partial charge in [-0.15, -0.1) is 0 Å². The predicted molar refractivity (Wildman–Crippen MR) is 62.4 cm³/mol. The van der Waals surface area contributed by atoms with E-state index in [1.807, 2.05) is 6.07 Å². The van der Waals surface area contributed by atoms with Crippen LogP contribution in [0.25, 0.3) is 0 Å². The van der Waals surface area contributed by atoms with E-state index in [0.29, 0.717) is 5.75 Å². The van der Waals surface area contributed by atoms with Crippen LogP contribution < -0.4 is 15.4 Å². The molecule has 0 aliphatic rings. The summed E-state index contributed by atoms with van der Waals surface area (Å²) in [5.74, 6) is -0.842. The third kappa shape index (κ3) is 3.38. The third-order valence-electron chi connectivity index (χ3n) is 2.01. The number of methoxy groups -OCH3 is 1. The topological polar surface area (TPSA) is 111 Å². The lowest BCUT2D eigenvalue weighted by molar-refractivity contribution is -0.135. The van der Waals surface area contributed by atoms with Crippen molar-refractivity contribution in [2.45, 2.75) is 0 Å². The summed E-state index contributed by atoms with van der Waals surface area (Å²) in [6.07, 6.45) is 0. The molecule has 0 saturated carbocycles. The van der Waals surface area contributed by atoms with Gasteiger partial charge in [-0.05, 0) is 12.1 Å². The Morgan fingerprint density at radius 1 is 1.50 bits per heavy atom. The van der Waals surface area contributed by atoms with Crippen molar-refractivity contribution in [3.63, 3.8) is 0 Å². The van der Waals surface area contributed by atoms with Crippen LogP contribution in [0.15, 0.2) is 18.2 Å². The van der Waals surface area contributed by atoms with Crippen LogP contribution in [0.2, 0.25) is 0 Å². The fraction of sp³-hybridized carbons (Fsp3) is 0.182. The number of aliphatic carboxylic acids is 1. The van der Waals surface area contributed by atoms with Gasteiger partial charge < -0.3 is 20.5 Å². The van der Waals surface area contributed by atoms with E-state index in [1.54, 1.807) is 12.1 Å². The van der Waals surface area contributed by atoms with Crippen molar-refractivity contribution < 1.29 is 19.4 Å². The lowest BCUT2D eigenvalue weighted by Crippen LogP contribution is -2.33. The van der Waals surface area contributed by atoms with E-state index in [2.05, 4.69) is 10.6 Å². The summed E-state index contributed by atoms with van der Waals surface area (Å²) in [6.45, 7) is -0.511. The number of carbonyl (C=O) groups excluding carboxylic acids is 1. The number of benzene rings is 1. The van der Waals surface area contributed by atoms with E-state index >= 15 is 0 Å². The number of para-hydroxylation sites is 1. The molecule has 18 heavy (non-hydrogen) atoms. The van der Waals surface area contributed by atoms with Crippen LogP contribution >= 0.6 is 0 Å². The van der Waals surface area contributed by atoms with Gasteiger partial charge in [0.2, 0.25) is 0 Å². The molecule has 1 aromatic rings. The Kier molecular flexibility index (Phi) is 4.51. The fourth-order valence-electron chi connectivity index (χ4n) is 1.24. The molecule has 0 fully saturated rings. The first-order valence-electron chi connectivity index (χ1n) is 4.92. The second-order valence-corrected chi connectivity index (χ2v) is 3.20. The minimum atomic E-state index is -1.16. The molecule has 0 spiro atoms. The van der Waals surface area contributed by atoms with E-state index < -0.39 is 18.5 Å². The zero-order valence-corrected chi connectivity index (χ0v) is 9.56. The lowest BCUT2D eigenvalue weighted by atomic mass is 10.2. The molecule has 0 radical (unpaired) electrons. The Labute approximate surface area is 103 Å². The number of nitriles is 1. The first-order chi connectivity index (χ1) is 8.58. The van der Waals surface area contributed by atoms with Crippen molar-refractivity contribution in [1.82, 2.24) is 5.32 Å². The molecule has 2 amide bonds. The Morgan fingerprint density at radius 2 is 2.22 bits per heavy atom. The zero-order chi connectivity index (χ0) is 13.5. The van der Waals surface area contributed by atoms with Crippen LogP contribution in [-0.2, 0) is 4.79 Å². The quantitative estimate of drug-likeness (QED) is 0.729. The van der Waals surface area contributed by atoms with Crippen molar-refractivity contribution in [2.75, 3.05) is 19.0 Å². The van der Waals surface area contributed by atoms with Crippen LogP contribution in [0.4, 0.5) is 10.5 Å². The minimum Gasteiger partial charge on any atom is -0.495 e. The molecule has 0 aromatic heterocycles. The highest BCUT2D eigenvalue weighted by molar-refractivity contribution is 5.94. The van der Waals surface area contributed by atoms with Crippen LogP contribution in [0.3, 0.4) is 0 Å². The van der Waals surface area contributed by atoms with Gasteiger partial charge in [0.1, 0.15) is 24.1 Å². The summed E-state index contributed by atoms with van der Waals surface area (Å²) in [5, 5.41) is 21.8. The summed E-state index contributed by atoms with van der Waals surface area (Å²) in [7, 11) is 1.40.